The fourth-order valence-corrected chi connectivity index (χ4v) is 2.17. The van der Waals surface area contributed by atoms with Gasteiger partial charge >= 0.3 is 6.01 Å². The zero-order valence-electron chi connectivity index (χ0n) is 14.1. The Morgan fingerprint density at radius 3 is 1.88 bits per heavy atom. The van der Waals surface area contributed by atoms with E-state index in [0.717, 1.165) is 24.2 Å². The third-order valence-electron chi connectivity index (χ3n) is 3.39. The molecule has 4 aromatic rings. The first kappa shape index (κ1) is 19.6. The monoisotopic (exact) mass is 531 g/mol. The fraction of sp³-hybridized carbons (Fsp3) is 0.176. The normalized spacial score (nSPS) is 9.88. The van der Waals surface area contributed by atoms with Gasteiger partial charge in [0.15, 0.2) is 0 Å². The average molecular weight is 531 g/mol. The summed E-state index contributed by atoms with van der Waals surface area (Å²) in [6.07, 6.45) is 8.90. The van der Waals surface area contributed by atoms with Crippen molar-refractivity contribution in [3.63, 3.8) is 0 Å². The van der Waals surface area contributed by atoms with Crippen LogP contribution in [0.1, 0.15) is 11.1 Å². The van der Waals surface area contributed by atoms with Gasteiger partial charge in [0.05, 0.1) is 0 Å². The minimum Gasteiger partial charge on any atom is -0.479 e. The molecule has 138 valence electrons. The minimum absolute atomic E-state index is 0. The van der Waals surface area contributed by atoms with E-state index in [0.29, 0.717) is 0 Å². The molecule has 0 saturated heterocycles. The molecule has 0 amide bonds. The van der Waals surface area contributed by atoms with Crippen molar-refractivity contribution in [3.8, 4) is 6.01 Å². The summed E-state index contributed by atoms with van der Waals surface area (Å²) < 4.78 is 5.20. The molecule has 1 aromatic carbocycles. The molecule has 8 nitrogen and oxygen atoms in total. The van der Waals surface area contributed by atoms with Crippen LogP contribution in [0.4, 0.5) is 0 Å². The maximum absolute atomic E-state index is 8.55. The second-order valence-electron chi connectivity index (χ2n) is 5.35. The summed E-state index contributed by atoms with van der Waals surface area (Å²) in [5, 5.41) is 23.6. The van der Waals surface area contributed by atoms with E-state index >= 15 is 0 Å². The van der Waals surface area contributed by atoms with Crippen molar-refractivity contribution in [3.05, 3.63) is 78.6 Å². The number of hydrogen-bond acceptors (Lipinski definition) is 5. The Hall–Kier alpha value is -2.73. The number of benzene rings is 1. The molecular weight excluding hydrogens is 513 g/mol. The van der Waals surface area contributed by atoms with Crippen LogP contribution in [0.2, 0.25) is 0 Å². The first-order valence-corrected chi connectivity index (χ1v) is 7.68. The van der Waals surface area contributed by atoms with Crippen LogP contribution in [0.25, 0.3) is 0 Å². The maximum atomic E-state index is 8.55. The van der Waals surface area contributed by atoms with Crippen molar-refractivity contribution in [2.75, 3.05) is 0 Å². The molecule has 0 aliphatic carbocycles. The van der Waals surface area contributed by atoms with E-state index in [9.17, 15) is 0 Å². The van der Waals surface area contributed by atoms with E-state index in [4.69, 9.17) is 5.11 Å². The molecular formula is C17H18N7OPt-. The van der Waals surface area contributed by atoms with Crippen LogP contribution in [0.5, 0.6) is 6.01 Å². The van der Waals surface area contributed by atoms with Crippen molar-refractivity contribution in [2.24, 2.45) is 7.05 Å². The molecule has 0 spiro atoms. The number of aromatic nitrogens is 7. The van der Waals surface area contributed by atoms with E-state index in [1.807, 2.05) is 40.0 Å². The molecule has 0 radical (unpaired) electrons. The zero-order valence-corrected chi connectivity index (χ0v) is 16.4. The summed E-state index contributed by atoms with van der Waals surface area (Å²) in [4.78, 5) is 0. The Morgan fingerprint density at radius 1 is 0.962 bits per heavy atom. The summed E-state index contributed by atoms with van der Waals surface area (Å²) in [7, 11) is 1.66. The standard InChI is InChI=1S/C14H13N4.C3H5N3O.Pt/c1-4-13(11-17-8-2-6-15-17)10-14(5-1)12-18-9-3-7-16-18;1-6-2-4-5-3(6)7;/h1-9H,11-12H2;2H,1H3,(H,5,7);/q-1;;. The van der Waals surface area contributed by atoms with Gasteiger partial charge in [0.1, 0.15) is 6.33 Å². The third-order valence-corrected chi connectivity index (χ3v) is 3.39. The Labute approximate surface area is 165 Å². The van der Waals surface area contributed by atoms with Crippen LogP contribution in [0, 0.1) is 6.07 Å². The molecule has 4 rings (SSSR count). The van der Waals surface area contributed by atoms with Crippen molar-refractivity contribution < 1.29 is 26.2 Å². The Kier molecular flexibility index (Phi) is 7.29. The Morgan fingerprint density at radius 2 is 1.54 bits per heavy atom. The molecule has 9 heteroatoms. The molecule has 0 fully saturated rings. The molecule has 0 aliphatic heterocycles. The summed E-state index contributed by atoms with van der Waals surface area (Å²) in [5.41, 5.74) is 2.26. The van der Waals surface area contributed by atoms with Crippen LogP contribution in [0.15, 0.2) is 61.4 Å². The Bertz CT molecular complexity index is 820. The first-order valence-electron chi connectivity index (χ1n) is 7.68. The molecule has 1 N–H and O–H groups in total. The topological polar surface area (TPSA) is 86.6 Å². The van der Waals surface area contributed by atoms with E-state index in [2.05, 4.69) is 38.6 Å². The Balaban J connectivity index is 0.000000258. The second kappa shape index (κ2) is 9.67. The van der Waals surface area contributed by atoms with Crippen LogP contribution in [0.3, 0.4) is 0 Å². The summed E-state index contributed by atoms with van der Waals surface area (Å²) >= 11 is 0. The van der Waals surface area contributed by atoms with Gasteiger partial charge in [0.2, 0.25) is 0 Å². The quantitative estimate of drug-likeness (QED) is 0.404. The van der Waals surface area contributed by atoms with Crippen LogP contribution < -0.4 is 0 Å². The van der Waals surface area contributed by atoms with Gasteiger partial charge in [-0.1, -0.05) is 5.10 Å². The summed E-state index contributed by atoms with van der Waals surface area (Å²) in [6.45, 7) is 1.50. The number of hydrogen-bond donors (Lipinski definition) is 1. The number of aryl methyl sites for hydroxylation is 1. The SMILES string of the molecule is Cn1cnnc1O.[Pt].[c-]1c(Cn2cccn2)cccc1Cn1cccn1. The maximum Gasteiger partial charge on any atom is 0.313 e. The predicted octanol–water partition coefficient (Wildman–Crippen LogP) is 1.49. The molecule has 0 aliphatic rings. The van der Waals surface area contributed by atoms with Gasteiger partial charge in [0.25, 0.3) is 0 Å². The minimum atomic E-state index is -0.0556. The van der Waals surface area contributed by atoms with Gasteiger partial charge < -0.3 is 5.11 Å². The van der Waals surface area contributed by atoms with Crippen molar-refractivity contribution >= 4 is 0 Å². The van der Waals surface area contributed by atoms with Crippen LogP contribution in [-0.2, 0) is 41.2 Å². The van der Waals surface area contributed by atoms with E-state index in [-0.39, 0.29) is 27.1 Å². The van der Waals surface area contributed by atoms with E-state index < -0.39 is 0 Å². The predicted molar refractivity (Wildman–Crippen MR) is 90.6 cm³/mol. The molecule has 0 saturated carbocycles. The molecule has 0 unspecified atom stereocenters. The number of aromatic hydroxyl groups is 1. The molecule has 3 heterocycles. The van der Waals surface area contributed by atoms with Crippen LogP contribution >= 0.6 is 0 Å². The summed E-state index contributed by atoms with van der Waals surface area (Å²) in [5.74, 6) is 0. The van der Waals surface area contributed by atoms with Crippen molar-refractivity contribution in [2.45, 2.75) is 13.1 Å². The van der Waals surface area contributed by atoms with Crippen LogP contribution in [-0.4, -0.2) is 39.4 Å². The molecule has 0 bridgehead atoms. The van der Waals surface area contributed by atoms with Crippen molar-refractivity contribution in [1.29, 1.82) is 0 Å². The first-order chi connectivity index (χ1) is 12.2. The van der Waals surface area contributed by atoms with E-state index in [1.54, 1.807) is 19.4 Å². The van der Waals surface area contributed by atoms with E-state index in [1.165, 1.54) is 10.9 Å². The number of rotatable bonds is 4. The van der Waals surface area contributed by atoms with Gasteiger partial charge in [0, 0.05) is 66.0 Å². The third kappa shape index (κ3) is 5.67. The van der Waals surface area contributed by atoms with Crippen molar-refractivity contribution in [1.82, 2.24) is 34.3 Å². The van der Waals surface area contributed by atoms with Gasteiger partial charge in [-0.15, -0.1) is 16.2 Å². The fourth-order valence-electron chi connectivity index (χ4n) is 2.17. The second-order valence-corrected chi connectivity index (χ2v) is 5.35. The average Bonchev–Trinajstić information content (AvgIpc) is 3.35. The largest absolute Gasteiger partial charge is 0.479 e. The molecule has 26 heavy (non-hydrogen) atoms. The summed E-state index contributed by atoms with van der Waals surface area (Å²) in [6, 6.07) is 13.4. The smallest absolute Gasteiger partial charge is 0.313 e. The molecule has 3 aromatic heterocycles. The number of nitrogens with zero attached hydrogens (tertiary/aromatic N) is 7. The zero-order chi connectivity index (χ0) is 17.5. The van der Waals surface area contributed by atoms with Gasteiger partial charge in [-0.3, -0.25) is 13.9 Å². The van der Waals surface area contributed by atoms with Gasteiger partial charge in [-0.25, -0.2) is 0 Å². The van der Waals surface area contributed by atoms with Gasteiger partial charge in [-0.05, 0) is 12.1 Å². The molecule has 0 atom stereocenters. The van der Waals surface area contributed by atoms with Gasteiger partial charge in [-0.2, -0.15) is 34.5 Å².